The molecule has 0 bridgehead atoms. The van der Waals surface area contributed by atoms with E-state index in [0.717, 1.165) is 35.4 Å². The summed E-state index contributed by atoms with van der Waals surface area (Å²) in [6, 6.07) is 13.9. The fraction of sp³-hybridized carbons (Fsp3) is 0.300. The summed E-state index contributed by atoms with van der Waals surface area (Å²) in [6.45, 7) is 0.536. The number of aryl methyl sites for hydroxylation is 1. The minimum absolute atomic E-state index is 0.170. The van der Waals surface area contributed by atoms with Crippen LogP contribution < -0.4 is 10.1 Å². The highest BCUT2D eigenvalue weighted by molar-refractivity contribution is 6.04. The van der Waals surface area contributed by atoms with Crippen LogP contribution in [0.1, 0.15) is 24.0 Å². The number of benzene rings is 2. The molecule has 3 rings (SSSR count). The third-order valence-electron chi connectivity index (χ3n) is 4.24. The van der Waals surface area contributed by atoms with Crippen LogP contribution in [0.2, 0.25) is 0 Å². The average Bonchev–Trinajstić information content (AvgIpc) is 3.17. The van der Waals surface area contributed by atoms with Gasteiger partial charge in [0, 0.05) is 13.0 Å². The SMILES string of the molecule is COc1ccc(C2=NOC(C(=O)NCCCc3ccc(F)cc3)C2)cc1. The number of carbonyl (C=O) groups is 1. The van der Waals surface area contributed by atoms with Gasteiger partial charge in [-0.05, 0) is 60.4 Å². The van der Waals surface area contributed by atoms with Gasteiger partial charge in [-0.2, -0.15) is 0 Å². The largest absolute Gasteiger partial charge is 0.497 e. The molecule has 2 aromatic carbocycles. The molecule has 5 nitrogen and oxygen atoms in total. The summed E-state index contributed by atoms with van der Waals surface area (Å²) in [5.41, 5.74) is 2.71. The Labute approximate surface area is 151 Å². The normalized spacial score (nSPS) is 15.9. The second-order valence-corrected chi connectivity index (χ2v) is 6.09. The molecule has 1 unspecified atom stereocenters. The van der Waals surface area contributed by atoms with Gasteiger partial charge in [0.05, 0.1) is 12.8 Å². The van der Waals surface area contributed by atoms with E-state index in [2.05, 4.69) is 10.5 Å². The highest BCUT2D eigenvalue weighted by atomic mass is 19.1. The van der Waals surface area contributed by atoms with Crippen molar-refractivity contribution in [2.45, 2.75) is 25.4 Å². The standard InChI is InChI=1S/C20H21FN2O3/c1-25-17-10-6-15(7-11-17)18-13-19(26-23-18)20(24)22-12-2-3-14-4-8-16(21)9-5-14/h4-11,19H,2-3,12-13H2,1H3,(H,22,24). The van der Waals surface area contributed by atoms with Crippen LogP contribution in [0.4, 0.5) is 4.39 Å². The maximum absolute atomic E-state index is 12.9. The number of hydrogen-bond acceptors (Lipinski definition) is 4. The minimum atomic E-state index is -0.599. The zero-order valence-electron chi connectivity index (χ0n) is 14.6. The number of oxime groups is 1. The van der Waals surface area contributed by atoms with Gasteiger partial charge in [-0.3, -0.25) is 4.79 Å². The molecule has 0 saturated heterocycles. The number of amides is 1. The van der Waals surface area contributed by atoms with Crippen molar-refractivity contribution in [2.75, 3.05) is 13.7 Å². The zero-order valence-corrected chi connectivity index (χ0v) is 14.6. The summed E-state index contributed by atoms with van der Waals surface area (Å²) in [7, 11) is 1.61. The lowest BCUT2D eigenvalue weighted by molar-refractivity contribution is -0.131. The van der Waals surface area contributed by atoms with Crippen LogP contribution in [0.15, 0.2) is 53.7 Å². The Bertz CT molecular complexity index is 773. The van der Waals surface area contributed by atoms with E-state index < -0.39 is 6.10 Å². The molecule has 6 heteroatoms. The van der Waals surface area contributed by atoms with Gasteiger partial charge in [0.1, 0.15) is 11.6 Å². The molecular weight excluding hydrogens is 335 g/mol. The van der Waals surface area contributed by atoms with E-state index in [9.17, 15) is 9.18 Å². The van der Waals surface area contributed by atoms with E-state index in [4.69, 9.17) is 9.57 Å². The van der Waals surface area contributed by atoms with Crippen molar-refractivity contribution in [2.24, 2.45) is 5.16 Å². The van der Waals surface area contributed by atoms with Gasteiger partial charge in [-0.15, -0.1) is 0 Å². The molecule has 0 aliphatic carbocycles. The van der Waals surface area contributed by atoms with E-state index in [-0.39, 0.29) is 11.7 Å². The predicted octanol–water partition coefficient (Wildman–Crippen LogP) is 3.08. The lowest BCUT2D eigenvalue weighted by atomic mass is 10.0. The molecule has 1 aliphatic rings. The molecule has 1 atom stereocenters. The van der Waals surface area contributed by atoms with E-state index in [1.165, 1.54) is 12.1 Å². The Morgan fingerprint density at radius 3 is 2.65 bits per heavy atom. The van der Waals surface area contributed by atoms with Crippen molar-refractivity contribution in [3.63, 3.8) is 0 Å². The van der Waals surface area contributed by atoms with Crippen LogP contribution in [-0.4, -0.2) is 31.4 Å². The molecule has 1 N–H and O–H groups in total. The lowest BCUT2D eigenvalue weighted by Crippen LogP contribution is -2.35. The summed E-state index contributed by atoms with van der Waals surface area (Å²) < 4.78 is 18.0. The molecule has 1 heterocycles. The zero-order chi connectivity index (χ0) is 18.4. The highest BCUT2D eigenvalue weighted by Gasteiger charge is 2.28. The summed E-state index contributed by atoms with van der Waals surface area (Å²) in [6.07, 6.45) is 1.39. The minimum Gasteiger partial charge on any atom is -0.497 e. The molecule has 1 amide bonds. The fourth-order valence-corrected chi connectivity index (χ4v) is 2.74. The van der Waals surface area contributed by atoms with Crippen LogP contribution >= 0.6 is 0 Å². The number of halogens is 1. The van der Waals surface area contributed by atoms with Crippen molar-refractivity contribution in [1.29, 1.82) is 0 Å². The number of nitrogens with zero attached hydrogens (tertiary/aromatic N) is 1. The highest BCUT2D eigenvalue weighted by Crippen LogP contribution is 2.19. The molecule has 0 spiro atoms. The van der Waals surface area contributed by atoms with E-state index in [1.54, 1.807) is 19.2 Å². The summed E-state index contributed by atoms with van der Waals surface area (Å²) in [4.78, 5) is 17.5. The van der Waals surface area contributed by atoms with E-state index >= 15 is 0 Å². The second kappa shape index (κ2) is 8.47. The molecule has 0 aromatic heterocycles. The van der Waals surface area contributed by atoms with Gasteiger partial charge in [0.25, 0.3) is 5.91 Å². The Balaban J connectivity index is 1.41. The third-order valence-corrected chi connectivity index (χ3v) is 4.24. The van der Waals surface area contributed by atoms with Gasteiger partial charge in [-0.1, -0.05) is 17.3 Å². The number of methoxy groups -OCH3 is 1. The Morgan fingerprint density at radius 1 is 1.23 bits per heavy atom. The Morgan fingerprint density at radius 2 is 1.96 bits per heavy atom. The van der Waals surface area contributed by atoms with Gasteiger partial charge in [0.15, 0.2) is 0 Å². The fourth-order valence-electron chi connectivity index (χ4n) is 2.74. The molecule has 0 saturated carbocycles. The Hall–Kier alpha value is -2.89. The van der Waals surface area contributed by atoms with Gasteiger partial charge in [-0.25, -0.2) is 4.39 Å². The van der Waals surface area contributed by atoms with Crippen LogP contribution in [-0.2, 0) is 16.1 Å². The first-order valence-corrected chi connectivity index (χ1v) is 8.55. The van der Waals surface area contributed by atoms with Crippen LogP contribution in [0, 0.1) is 5.82 Å². The first-order valence-electron chi connectivity index (χ1n) is 8.55. The molecule has 2 aromatic rings. The lowest BCUT2D eigenvalue weighted by Gasteiger charge is -2.09. The third kappa shape index (κ3) is 4.59. The molecule has 0 radical (unpaired) electrons. The summed E-state index contributed by atoms with van der Waals surface area (Å²) >= 11 is 0. The van der Waals surface area contributed by atoms with Crippen molar-refractivity contribution in [1.82, 2.24) is 5.32 Å². The van der Waals surface area contributed by atoms with E-state index in [0.29, 0.717) is 13.0 Å². The van der Waals surface area contributed by atoms with Crippen LogP contribution in [0.25, 0.3) is 0 Å². The average molecular weight is 356 g/mol. The first kappa shape index (κ1) is 17.9. The Kier molecular flexibility index (Phi) is 5.84. The molecule has 1 aliphatic heterocycles. The van der Waals surface area contributed by atoms with Gasteiger partial charge in [0.2, 0.25) is 6.10 Å². The topological polar surface area (TPSA) is 59.9 Å². The van der Waals surface area contributed by atoms with Crippen molar-refractivity contribution in [3.05, 3.63) is 65.5 Å². The second-order valence-electron chi connectivity index (χ2n) is 6.09. The summed E-state index contributed by atoms with van der Waals surface area (Å²) in [5.74, 6) is 0.355. The predicted molar refractivity (Wildman–Crippen MR) is 96.8 cm³/mol. The van der Waals surface area contributed by atoms with Crippen molar-refractivity contribution in [3.8, 4) is 5.75 Å². The molecule has 0 fully saturated rings. The number of ether oxygens (including phenoxy) is 1. The quantitative estimate of drug-likeness (QED) is 0.776. The maximum Gasteiger partial charge on any atom is 0.264 e. The smallest absolute Gasteiger partial charge is 0.264 e. The van der Waals surface area contributed by atoms with Gasteiger partial charge >= 0.3 is 0 Å². The van der Waals surface area contributed by atoms with Crippen LogP contribution in [0.5, 0.6) is 5.75 Å². The number of carbonyl (C=O) groups excluding carboxylic acids is 1. The van der Waals surface area contributed by atoms with Gasteiger partial charge < -0.3 is 14.9 Å². The van der Waals surface area contributed by atoms with Crippen LogP contribution in [0.3, 0.4) is 0 Å². The van der Waals surface area contributed by atoms with Crippen molar-refractivity contribution < 1.29 is 18.8 Å². The van der Waals surface area contributed by atoms with Crippen molar-refractivity contribution >= 4 is 11.6 Å². The molecule has 26 heavy (non-hydrogen) atoms. The molecular formula is C20H21FN2O3. The number of nitrogens with one attached hydrogen (secondary N) is 1. The summed E-state index contributed by atoms with van der Waals surface area (Å²) in [5, 5.41) is 6.89. The maximum atomic E-state index is 12.9. The monoisotopic (exact) mass is 356 g/mol. The number of hydrogen-bond donors (Lipinski definition) is 1. The molecule has 136 valence electrons. The van der Waals surface area contributed by atoms with E-state index in [1.807, 2.05) is 24.3 Å². The first-order chi connectivity index (χ1) is 12.7. The number of rotatable bonds is 7.